The van der Waals surface area contributed by atoms with Gasteiger partial charge in [-0.1, -0.05) is 0 Å². The Kier molecular flexibility index (Phi) is 6.88. The van der Waals surface area contributed by atoms with E-state index in [0.717, 1.165) is 12.1 Å². The number of hydrogen-bond donors (Lipinski definition) is 1. The van der Waals surface area contributed by atoms with Crippen LogP contribution in [0.2, 0.25) is 0 Å². The van der Waals surface area contributed by atoms with Crippen LogP contribution in [0.15, 0.2) is 24.3 Å². The van der Waals surface area contributed by atoms with Crippen LogP contribution in [0.3, 0.4) is 0 Å². The predicted molar refractivity (Wildman–Crippen MR) is 86.3 cm³/mol. The predicted octanol–water partition coefficient (Wildman–Crippen LogP) is 0.736. The second-order valence-corrected chi connectivity index (χ2v) is 5.48. The number of hydrogen-bond acceptors (Lipinski definition) is 5. The average molecular weight is 352 g/mol. The van der Waals surface area contributed by atoms with Gasteiger partial charge in [0.25, 0.3) is 5.91 Å². The number of benzene rings is 1. The summed E-state index contributed by atoms with van der Waals surface area (Å²) in [5.41, 5.74) is 0.199. The first-order valence-corrected chi connectivity index (χ1v) is 8.10. The smallest absolute Gasteiger partial charge is 0.308 e. The SMILES string of the molecule is CCOC(=O)C[C@H](NC(=O)c1ccc(F)cc1)C(=O)N1CCOCC1. The Morgan fingerprint density at radius 2 is 1.88 bits per heavy atom. The van der Waals surface area contributed by atoms with Gasteiger partial charge in [0.15, 0.2) is 0 Å². The van der Waals surface area contributed by atoms with Crippen LogP contribution in [0.4, 0.5) is 4.39 Å². The standard InChI is InChI=1S/C17H21FN2O5/c1-2-25-15(21)11-14(17(23)20-7-9-24-10-8-20)19-16(22)12-3-5-13(18)6-4-12/h3-6,14H,2,7-11H2,1H3,(H,19,22)/t14-/m0/s1. The van der Waals surface area contributed by atoms with E-state index in [1.807, 2.05) is 0 Å². The van der Waals surface area contributed by atoms with Gasteiger partial charge < -0.3 is 19.7 Å². The molecule has 8 heteroatoms. The van der Waals surface area contributed by atoms with Gasteiger partial charge in [0.1, 0.15) is 11.9 Å². The molecule has 2 amide bonds. The van der Waals surface area contributed by atoms with Crippen molar-refractivity contribution in [1.82, 2.24) is 10.2 Å². The first-order valence-electron chi connectivity index (χ1n) is 8.10. The maximum absolute atomic E-state index is 13.0. The van der Waals surface area contributed by atoms with Crippen molar-refractivity contribution in [2.75, 3.05) is 32.9 Å². The van der Waals surface area contributed by atoms with Crippen molar-refractivity contribution in [3.8, 4) is 0 Å². The van der Waals surface area contributed by atoms with Gasteiger partial charge in [0.05, 0.1) is 26.2 Å². The summed E-state index contributed by atoms with van der Waals surface area (Å²) in [5.74, 6) is -1.97. The first kappa shape index (κ1) is 18.9. The fourth-order valence-electron chi connectivity index (χ4n) is 2.43. The lowest BCUT2D eigenvalue weighted by molar-refractivity contribution is -0.148. The third kappa shape index (κ3) is 5.53. The molecule has 0 bridgehead atoms. The van der Waals surface area contributed by atoms with Crippen molar-refractivity contribution in [2.24, 2.45) is 0 Å². The zero-order chi connectivity index (χ0) is 18.2. The number of carbonyl (C=O) groups excluding carboxylic acids is 3. The molecule has 2 rings (SSSR count). The number of nitrogens with one attached hydrogen (secondary N) is 1. The second kappa shape index (κ2) is 9.12. The van der Waals surface area contributed by atoms with Gasteiger partial charge in [-0.25, -0.2) is 4.39 Å². The minimum atomic E-state index is -1.05. The Hall–Kier alpha value is -2.48. The van der Waals surface area contributed by atoms with Gasteiger partial charge in [-0.05, 0) is 31.2 Å². The maximum atomic E-state index is 13.0. The van der Waals surface area contributed by atoms with Crippen LogP contribution >= 0.6 is 0 Å². The number of carbonyl (C=O) groups is 3. The molecule has 136 valence electrons. The van der Waals surface area contributed by atoms with Crippen LogP contribution in [0, 0.1) is 5.82 Å². The highest BCUT2D eigenvalue weighted by atomic mass is 19.1. The summed E-state index contributed by atoms with van der Waals surface area (Å²) >= 11 is 0. The molecule has 7 nitrogen and oxygen atoms in total. The largest absolute Gasteiger partial charge is 0.466 e. The third-order valence-corrected chi connectivity index (χ3v) is 3.71. The lowest BCUT2D eigenvalue weighted by Crippen LogP contribution is -2.52. The van der Waals surface area contributed by atoms with Crippen molar-refractivity contribution in [3.05, 3.63) is 35.6 Å². The molecule has 0 aliphatic carbocycles. The van der Waals surface area contributed by atoms with Crippen molar-refractivity contribution in [3.63, 3.8) is 0 Å². The van der Waals surface area contributed by atoms with Gasteiger partial charge in [-0.3, -0.25) is 14.4 Å². The fourth-order valence-corrected chi connectivity index (χ4v) is 2.43. The summed E-state index contributed by atoms with van der Waals surface area (Å²) in [4.78, 5) is 38.3. The van der Waals surface area contributed by atoms with Crippen LogP contribution in [0.5, 0.6) is 0 Å². The highest BCUT2D eigenvalue weighted by Gasteiger charge is 2.30. The number of esters is 1. The molecule has 0 unspecified atom stereocenters. The second-order valence-electron chi connectivity index (χ2n) is 5.48. The summed E-state index contributed by atoms with van der Waals surface area (Å²) < 4.78 is 23.1. The molecular weight excluding hydrogens is 331 g/mol. The minimum absolute atomic E-state index is 0.184. The van der Waals surface area contributed by atoms with Crippen LogP contribution in [0.1, 0.15) is 23.7 Å². The number of ether oxygens (including phenoxy) is 2. The van der Waals surface area contributed by atoms with Gasteiger partial charge in [-0.2, -0.15) is 0 Å². The van der Waals surface area contributed by atoms with E-state index in [0.29, 0.717) is 26.3 Å². The highest BCUT2D eigenvalue weighted by Crippen LogP contribution is 2.08. The number of morpholine rings is 1. The van der Waals surface area contributed by atoms with Crippen LogP contribution in [0.25, 0.3) is 0 Å². The molecule has 1 heterocycles. The summed E-state index contributed by atoms with van der Waals surface area (Å²) in [5, 5.41) is 2.54. The molecule has 1 aliphatic heterocycles. The van der Waals surface area contributed by atoms with Crippen molar-refractivity contribution >= 4 is 17.8 Å². The molecule has 1 atom stereocenters. The van der Waals surface area contributed by atoms with Gasteiger partial charge in [0, 0.05) is 18.7 Å². The van der Waals surface area contributed by atoms with E-state index >= 15 is 0 Å². The summed E-state index contributed by atoms with van der Waals surface area (Å²) in [6, 6.07) is 3.88. The Labute approximate surface area is 145 Å². The zero-order valence-electron chi connectivity index (χ0n) is 14.0. The van der Waals surface area contributed by atoms with Crippen molar-refractivity contribution in [2.45, 2.75) is 19.4 Å². The third-order valence-electron chi connectivity index (χ3n) is 3.71. The number of halogens is 1. The molecule has 0 aromatic heterocycles. The number of amides is 2. The Balaban J connectivity index is 2.09. The van der Waals surface area contributed by atoms with E-state index in [2.05, 4.69) is 5.32 Å². The molecule has 1 fully saturated rings. The minimum Gasteiger partial charge on any atom is -0.466 e. The van der Waals surface area contributed by atoms with Gasteiger partial charge in [-0.15, -0.1) is 0 Å². The van der Waals surface area contributed by atoms with Crippen LogP contribution < -0.4 is 5.32 Å². The molecular formula is C17H21FN2O5. The maximum Gasteiger partial charge on any atom is 0.308 e. The van der Waals surface area contributed by atoms with E-state index in [4.69, 9.17) is 9.47 Å². The first-order chi connectivity index (χ1) is 12.0. The number of nitrogens with zero attached hydrogens (tertiary/aromatic N) is 1. The molecule has 1 aromatic carbocycles. The Bertz CT molecular complexity index is 614. The lowest BCUT2D eigenvalue weighted by Gasteiger charge is -2.30. The molecule has 1 aromatic rings. The molecule has 0 spiro atoms. The summed E-state index contributed by atoms with van der Waals surface area (Å²) in [7, 11) is 0. The van der Waals surface area contributed by atoms with E-state index < -0.39 is 23.7 Å². The average Bonchev–Trinajstić information content (AvgIpc) is 2.62. The Morgan fingerprint density at radius 1 is 1.24 bits per heavy atom. The molecule has 1 aliphatic rings. The van der Waals surface area contributed by atoms with E-state index in [9.17, 15) is 18.8 Å². The summed E-state index contributed by atoms with van der Waals surface area (Å²) in [6.45, 7) is 3.44. The topological polar surface area (TPSA) is 84.9 Å². The monoisotopic (exact) mass is 352 g/mol. The fraction of sp³-hybridized carbons (Fsp3) is 0.471. The lowest BCUT2D eigenvalue weighted by atomic mass is 10.1. The normalized spacial score (nSPS) is 15.4. The zero-order valence-corrected chi connectivity index (χ0v) is 14.0. The van der Waals surface area contributed by atoms with Crippen LogP contribution in [-0.4, -0.2) is 61.6 Å². The molecule has 0 radical (unpaired) electrons. The quantitative estimate of drug-likeness (QED) is 0.763. The van der Waals surface area contributed by atoms with Crippen molar-refractivity contribution < 1.29 is 28.2 Å². The summed E-state index contributed by atoms with van der Waals surface area (Å²) in [6.07, 6.45) is -0.267. The van der Waals surface area contributed by atoms with E-state index in [1.54, 1.807) is 11.8 Å². The molecule has 25 heavy (non-hydrogen) atoms. The van der Waals surface area contributed by atoms with Crippen LogP contribution in [-0.2, 0) is 19.1 Å². The van der Waals surface area contributed by atoms with Crippen molar-refractivity contribution in [1.29, 1.82) is 0 Å². The molecule has 1 saturated heterocycles. The number of rotatable bonds is 6. The van der Waals surface area contributed by atoms with E-state index in [-0.39, 0.29) is 24.5 Å². The highest BCUT2D eigenvalue weighted by molar-refractivity contribution is 5.98. The van der Waals surface area contributed by atoms with Gasteiger partial charge >= 0.3 is 5.97 Å². The molecule has 0 saturated carbocycles. The van der Waals surface area contributed by atoms with Gasteiger partial charge in [0.2, 0.25) is 5.91 Å². The Morgan fingerprint density at radius 3 is 2.48 bits per heavy atom. The molecule has 1 N–H and O–H groups in total. The van der Waals surface area contributed by atoms with E-state index in [1.165, 1.54) is 12.1 Å².